The molecule has 1 N–H and O–H groups in total. The van der Waals surface area contributed by atoms with Gasteiger partial charge in [0, 0.05) is 24.8 Å². The molecule has 0 heterocycles. The summed E-state index contributed by atoms with van der Waals surface area (Å²) in [4.78, 5) is 45.5. The minimum atomic E-state index is -0.666. The Hall–Kier alpha value is -3.03. The van der Waals surface area contributed by atoms with Gasteiger partial charge < -0.3 is 9.47 Å². The summed E-state index contributed by atoms with van der Waals surface area (Å²) in [5, 5.41) is 3.78. The van der Waals surface area contributed by atoms with Gasteiger partial charge in [0.05, 0.1) is 12.8 Å². The fourth-order valence-corrected chi connectivity index (χ4v) is 2.10. The number of carbonyl (C=O) groups excluding carboxylic acids is 4. The number of carbonyl (C=O) groups is 3. The number of ketones is 1. The molecule has 0 spiro atoms. The van der Waals surface area contributed by atoms with Crippen LogP contribution in [0.5, 0.6) is 0 Å². The first-order valence-corrected chi connectivity index (χ1v) is 8.77. The molecule has 151 valence electrons. The van der Waals surface area contributed by atoms with Crippen molar-refractivity contribution in [2.45, 2.75) is 46.1 Å². The predicted molar refractivity (Wildman–Crippen MR) is 103 cm³/mol. The van der Waals surface area contributed by atoms with Gasteiger partial charge in [0.2, 0.25) is 6.29 Å². The molecule has 1 amide bonds. The lowest BCUT2D eigenvalue weighted by Crippen LogP contribution is -2.29. The van der Waals surface area contributed by atoms with Crippen molar-refractivity contribution in [2.24, 2.45) is 11.0 Å². The van der Waals surface area contributed by atoms with Gasteiger partial charge in [-0.25, -0.2) is 10.2 Å². The van der Waals surface area contributed by atoms with Gasteiger partial charge in [-0.15, -0.1) is 0 Å². The standard InChI is InChI=1S/C20H25N2O6/c1-14(24)27-10-9-16(13-23)11-18(25)17-7-5-15(6-8-17)12-21-22-19(26)28-20(2,3)4/h5-8,12,16H,9-11H2,1-4H3,(H,22,26). The molecular weight excluding hydrogens is 364 g/mol. The molecular formula is C20H25N2O6. The molecule has 1 atom stereocenters. The minimum absolute atomic E-state index is 0.0155. The molecule has 1 radical (unpaired) electrons. The quantitative estimate of drug-likeness (QED) is 0.301. The van der Waals surface area contributed by atoms with Crippen LogP contribution in [0.3, 0.4) is 0 Å². The summed E-state index contributed by atoms with van der Waals surface area (Å²) >= 11 is 0. The van der Waals surface area contributed by atoms with Crippen molar-refractivity contribution in [1.29, 1.82) is 0 Å². The summed E-state index contributed by atoms with van der Waals surface area (Å²) in [6, 6.07) is 6.52. The SMILES string of the molecule is CC(=O)OCCC([C]=O)CC(=O)c1ccc(C=NNC(=O)OC(C)(C)C)cc1. The van der Waals surface area contributed by atoms with E-state index < -0.39 is 23.6 Å². The van der Waals surface area contributed by atoms with E-state index in [2.05, 4.69) is 10.5 Å². The van der Waals surface area contributed by atoms with Crippen molar-refractivity contribution in [3.8, 4) is 0 Å². The average Bonchev–Trinajstić information content (AvgIpc) is 2.59. The van der Waals surface area contributed by atoms with Crippen LogP contribution in [0.1, 0.15) is 56.5 Å². The Bertz CT molecular complexity index is 719. The Morgan fingerprint density at radius 3 is 2.39 bits per heavy atom. The highest BCUT2D eigenvalue weighted by Gasteiger charge is 2.16. The third-order valence-electron chi connectivity index (χ3n) is 3.37. The van der Waals surface area contributed by atoms with Crippen molar-refractivity contribution >= 4 is 30.3 Å². The van der Waals surface area contributed by atoms with E-state index in [1.54, 1.807) is 51.3 Å². The summed E-state index contributed by atoms with van der Waals surface area (Å²) in [7, 11) is 0. The highest BCUT2D eigenvalue weighted by atomic mass is 16.6. The number of rotatable bonds is 9. The third kappa shape index (κ3) is 9.61. The van der Waals surface area contributed by atoms with Gasteiger partial charge in [-0.2, -0.15) is 5.10 Å². The van der Waals surface area contributed by atoms with Crippen LogP contribution in [0.15, 0.2) is 29.4 Å². The van der Waals surface area contributed by atoms with Crippen LogP contribution >= 0.6 is 0 Å². The van der Waals surface area contributed by atoms with Crippen molar-refractivity contribution in [3.63, 3.8) is 0 Å². The van der Waals surface area contributed by atoms with E-state index in [1.165, 1.54) is 13.1 Å². The zero-order chi connectivity index (χ0) is 21.2. The van der Waals surface area contributed by atoms with Crippen LogP contribution in [0, 0.1) is 5.92 Å². The largest absolute Gasteiger partial charge is 0.466 e. The maximum atomic E-state index is 12.3. The summed E-state index contributed by atoms with van der Waals surface area (Å²) < 4.78 is 9.82. The van der Waals surface area contributed by atoms with Crippen molar-refractivity contribution in [2.75, 3.05) is 6.61 Å². The molecule has 1 aromatic carbocycles. The molecule has 28 heavy (non-hydrogen) atoms. The molecule has 0 aromatic heterocycles. The number of Topliss-reactive ketones (excluding diaryl/α,β-unsaturated/α-hetero) is 1. The highest BCUT2D eigenvalue weighted by molar-refractivity contribution is 5.97. The summed E-state index contributed by atoms with van der Waals surface area (Å²) in [5.41, 5.74) is 2.74. The van der Waals surface area contributed by atoms with Crippen molar-refractivity contribution in [1.82, 2.24) is 5.43 Å². The molecule has 0 saturated heterocycles. The van der Waals surface area contributed by atoms with Gasteiger partial charge >= 0.3 is 12.1 Å². The van der Waals surface area contributed by atoms with E-state index in [4.69, 9.17) is 9.47 Å². The molecule has 0 aliphatic heterocycles. The second kappa shape index (κ2) is 11.0. The topological polar surface area (TPSA) is 111 Å². The van der Waals surface area contributed by atoms with Gasteiger partial charge in [0.15, 0.2) is 5.78 Å². The van der Waals surface area contributed by atoms with E-state index in [-0.39, 0.29) is 25.2 Å². The van der Waals surface area contributed by atoms with Crippen molar-refractivity contribution < 1.29 is 28.7 Å². The minimum Gasteiger partial charge on any atom is -0.466 e. The number of esters is 1. The molecule has 0 aliphatic carbocycles. The Morgan fingerprint density at radius 1 is 1.21 bits per heavy atom. The Labute approximate surface area is 164 Å². The van der Waals surface area contributed by atoms with E-state index in [0.29, 0.717) is 11.1 Å². The maximum Gasteiger partial charge on any atom is 0.428 e. The average molecular weight is 389 g/mol. The lowest BCUT2D eigenvalue weighted by atomic mass is 9.96. The molecule has 0 aliphatic rings. The Kier molecular flexibility index (Phi) is 9.01. The van der Waals surface area contributed by atoms with Crippen LogP contribution in [-0.4, -0.2) is 42.6 Å². The van der Waals surface area contributed by atoms with E-state index in [0.717, 1.165) is 0 Å². The molecule has 0 fully saturated rings. The lowest BCUT2D eigenvalue weighted by Gasteiger charge is -2.18. The molecule has 1 aromatic rings. The molecule has 0 saturated carbocycles. The Balaban J connectivity index is 2.55. The van der Waals surface area contributed by atoms with Gasteiger partial charge in [0.25, 0.3) is 0 Å². The van der Waals surface area contributed by atoms with Crippen LogP contribution in [0.4, 0.5) is 4.79 Å². The summed E-state index contributed by atoms with van der Waals surface area (Å²) in [5.74, 6) is -1.29. The molecule has 8 heteroatoms. The summed E-state index contributed by atoms with van der Waals surface area (Å²) in [6.07, 6.45) is 2.79. The number of hydrazone groups is 1. The number of nitrogens with zero attached hydrogens (tertiary/aromatic N) is 1. The fourth-order valence-electron chi connectivity index (χ4n) is 2.10. The van der Waals surface area contributed by atoms with Crippen LogP contribution in [-0.2, 0) is 19.1 Å². The van der Waals surface area contributed by atoms with E-state index in [9.17, 15) is 19.2 Å². The molecule has 8 nitrogen and oxygen atoms in total. The number of hydrogen-bond acceptors (Lipinski definition) is 7. The second-order valence-corrected chi connectivity index (χ2v) is 7.06. The van der Waals surface area contributed by atoms with Crippen LogP contribution in [0.25, 0.3) is 0 Å². The van der Waals surface area contributed by atoms with Gasteiger partial charge in [-0.05, 0) is 32.8 Å². The van der Waals surface area contributed by atoms with Crippen LogP contribution in [0.2, 0.25) is 0 Å². The lowest BCUT2D eigenvalue weighted by molar-refractivity contribution is -0.141. The predicted octanol–water partition coefficient (Wildman–Crippen LogP) is 2.80. The van der Waals surface area contributed by atoms with Gasteiger partial charge in [0.1, 0.15) is 5.60 Å². The second-order valence-electron chi connectivity index (χ2n) is 7.06. The maximum absolute atomic E-state index is 12.3. The third-order valence-corrected chi connectivity index (χ3v) is 3.37. The number of nitrogens with one attached hydrogen (secondary N) is 1. The normalized spacial score (nSPS) is 12.3. The molecule has 1 unspecified atom stereocenters. The number of hydrogen-bond donors (Lipinski definition) is 1. The fraction of sp³-hybridized carbons (Fsp3) is 0.450. The molecule has 1 rings (SSSR count). The van der Waals surface area contributed by atoms with E-state index in [1.807, 2.05) is 0 Å². The molecule has 0 bridgehead atoms. The van der Waals surface area contributed by atoms with E-state index >= 15 is 0 Å². The van der Waals surface area contributed by atoms with Crippen molar-refractivity contribution in [3.05, 3.63) is 35.4 Å². The zero-order valence-electron chi connectivity index (χ0n) is 16.5. The van der Waals surface area contributed by atoms with Gasteiger partial charge in [-0.1, -0.05) is 24.3 Å². The first-order valence-electron chi connectivity index (χ1n) is 8.77. The smallest absolute Gasteiger partial charge is 0.428 e. The first kappa shape index (κ1) is 23.0. The number of ether oxygens (including phenoxy) is 2. The highest BCUT2D eigenvalue weighted by Crippen LogP contribution is 2.13. The number of benzene rings is 1. The van der Waals surface area contributed by atoms with Crippen LogP contribution < -0.4 is 5.43 Å². The summed E-state index contributed by atoms with van der Waals surface area (Å²) in [6.45, 7) is 6.58. The first-order chi connectivity index (χ1) is 13.1. The Morgan fingerprint density at radius 2 is 1.86 bits per heavy atom. The zero-order valence-corrected chi connectivity index (χ0v) is 16.5. The number of amides is 1. The van der Waals surface area contributed by atoms with Gasteiger partial charge in [-0.3, -0.25) is 14.4 Å². The monoisotopic (exact) mass is 389 g/mol.